The van der Waals surface area contributed by atoms with Gasteiger partial charge in [-0.15, -0.1) is 17.5 Å². The van der Waals surface area contributed by atoms with E-state index in [1.165, 1.54) is 16.9 Å². The molecule has 1 fully saturated rings. The van der Waals surface area contributed by atoms with Gasteiger partial charge in [0.15, 0.2) is 0 Å². The van der Waals surface area contributed by atoms with Gasteiger partial charge in [-0.25, -0.2) is 9.37 Å². The maximum absolute atomic E-state index is 13.9. The van der Waals surface area contributed by atoms with Crippen LogP contribution >= 0.6 is 12.4 Å². The Morgan fingerprint density at radius 3 is 2.96 bits per heavy atom. The largest absolute Gasteiger partial charge is 0.471 e. The minimum absolute atomic E-state index is 0. The van der Waals surface area contributed by atoms with Gasteiger partial charge in [0.05, 0.1) is 6.20 Å². The number of nitrogens with one attached hydrogen (secondary N) is 1. The molecular formula is C14H18ClFN6O2. The van der Waals surface area contributed by atoms with E-state index in [0.717, 1.165) is 0 Å². The second-order valence-electron chi connectivity index (χ2n) is 5.38. The van der Waals surface area contributed by atoms with Crippen LogP contribution in [0.25, 0.3) is 11.3 Å². The number of ether oxygens (including phenoxy) is 1. The van der Waals surface area contributed by atoms with Crippen LogP contribution in [0.4, 0.5) is 4.39 Å². The van der Waals surface area contributed by atoms with Crippen LogP contribution in [0, 0.1) is 0 Å². The van der Waals surface area contributed by atoms with E-state index >= 15 is 0 Å². The lowest BCUT2D eigenvalue weighted by Crippen LogP contribution is -2.44. The number of piperidine rings is 1. The Labute approximate surface area is 144 Å². The number of alkyl halides is 1. The van der Waals surface area contributed by atoms with Crippen molar-refractivity contribution in [3.8, 4) is 17.1 Å². The summed E-state index contributed by atoms with van der Waals surface area (Å²) in [4.78, 5) is 15.8. The monoisotopic (exact) mass is 356 g/mol. The third-order valence-corrected chi connectivity index (χ3v) is 3.63. The topological polar surface area (TPSA) is 108 Å². The third kappa shape index (κ3) is 3.80. The maximum Gasteiger partial charge on any atom is 0.254 e. The molecule has 0 unspecified atom stereocenters. The zero-order valence-corrected chi connectivity index (χ0v) is 13.8. The van der Waals surface area contributed by atoms with Gasteiger partial charge in [0.1, 0.15) is 23.5 Å². The number of nitrogens with zero attached hydrogens (tertiary/aromatic N) is 4. The van der Waals surface area contributed by atoms with Crippen LogP contribution < -0.4 is 15.8 Å². The van der Waals surface area contributed by atoms with Gasteiger partial charge in [0.2, 0.25) is 5.88 Å². The summed E-state index contributed by atoms with van der Waals surface area (Å²) in [5.41, 5.74) is 6.64. The van der Waals surface area contributed by atoms with E-state index in [-0.39, 0.29) is 30.4 Å². The number of aryl methyl sites for hydroxylation is 1. The molecule has 0 spiro atoms. The van der Waals surface area contributed by atoms with Crippen molar-refractivity contribution in [3.05, 3.63) is 24.0 Å². The highest BCUT2D eigenvalue weighted by Gasteiger charge is 2.28. The number of aromatic nitrogens is 4. The molecule has 10 heteroatoms. The zero-order chi connectivity index (χ0) is 16.4. The summed E-state index contributed by atoms with van der Waals surface area (Å²) in [7, 11) is 1.73. The lowest BCUT2D eigenvalue weighted by atomic mass is 10.1. The number of amides is 1. The number of carbonyl (C=O) groups is 1. The number of carbonyl (C=O) groups excluding carboxylic acids is 1. The molecule has 3 N–H and O–H groups in total. The first kappa shape index (κ1) is 18.1. The van der Waals surface area contributed by atoms with Gasteiger partial charge in [-0.3, -0.25) is 9.48 Å². The number of halogens is 2. The van der Waals surface area contributed by atoms with Gasteiger partial charge in [-0.1, -0.05) is 5.21 Å². The van der Waals surface area contributed by atoms with E-state index < -0.39 is 18.2 Å². The molecule has 0 radical (unpaired) electrons. The van der Waals surface area contributed by atoms with Crippen LogP contribution in [0.5, 0.6) is 5.88 Å². The first-order valence-electron chi connectivity index (χ1n) is 7.22. The summed E-state index contributed by atoms with van der Waals surface area (Å²) in [6, 6.07) is 1.53. The summed E-state index contributed by atoms with van der Waals surface area (Å²) in [6.45, 7) is 0.864. The average Bonchev–Trinajstić information content (AvgIpc) is 2.96. The highest BCUT2D eigenvalue weighted by Crippen LogP contribution is 2.25. The molecule has 1 aliphatic rings. The third-order valence-electron chi connectivity index (χ3n) is 3.63. The van der Waals surface area contributed by atoms with Crippen LogP contribution in [0.1, 0.15) is 16.8 Å². The molecule has 24 heavy (non-hydrogen) atoms. The number of hydrogen-bond donors (Lipinski definition) is 2. The molecule has 2 aromatic rings. The van der Waals surface area contributed by atoms with Crippen molar-refractivity contribution in [1.82, 2.24) is 25.3 Å². The lowest BCUT2D eigenvalue weighted by molar-refractivity contribution is 0.0676. The molecule has 130 valence electrons. The van der Waals surface area contributed by atoms with Crippen molar-refractivity contribution in [3.63, 3.8) is 0 Å². The Hall–Kier alpha value is -2.26. The highest BCUT2D eigenvalue weighted by atomic mass is 35.5. The SMILES string of the molecule is Cl.Cn1cc(-c2cnc(O[C@@H]3CCNC[C@@H]3F)c(C(N)=O)c2)nn1. The highest BCUT2D eigenvalue weighted by molar-refractivity contribution is 5.96. The molecule has 0 aromatic carbocycles. The van der Waals surface area contributed by atoms with Gasteiger partial charge in [-0.2, -0.15) is 0 Å². The van der Waals surface area contributed by atoms with Crippen molar-refractivity contribution in [1.29, 1.82) is 0 Å². The molecule has 0 bridgehead atoms. The summed E-state index contributed by atoms with van der Waals surface area (Å²) in [5.74, 6) is -0.651. The minimum atomic E-state index is -1.16. The lowest BCUT2D eigenvalue weighted by Gasteiger charge is -2.27. The van der Waals surface area contributed by atoms with Crippen molar-refractivity contribution in [2.45, 2.75) is 18.7 Å². The molecule has 0 aliphatic carbocycles. The second kappa shape index (κ2) is 7.54. The van der Waals surface area contributed by atoms with Crippen molar-refractivity contribution >= 4 is 18.3 Å². The standard InChI is InChI=1S/C14H17FN6O2.ClH/c1-21-7-11(19-20-21)8-4-9(13(16)22)14(18-5-8)23-12-2-3-17-6-10(12)15;/h4-5,7,10,12,17H,2-3,6H2,1H3,(H2,16,22);1H/t10-,12+;/m0./s1. The van der Waals surface area contributed by atoms with Crippen LogP contribution in [0.3, 0.4) is 0 Å². The fraction of sp³-hybridized carbons (Fsp3) is 0.429. The first-order valence-corrected chi connectivity index (χ1v) is 7.22. The van der Waals surface area contributed by atoms with Crippen LogP contribution in [0.2, 0.25) is 0 Å². The minimum Gasteiger partial charge on any atom is -0.471 e. The van der Waals surface area contributed by atoms with E-state index in [0.29, 0.717) is 24.2 Å². The number of nitrogens with two attached hydrogens (primary N) is 1. The molecule has 2 atom stereocenters. The van der Waals surface area contributed by atoms with Crippen molar-refractivity contribution < 1.29 is 13.9 Å². The van der Waals surface area contributed by atoms with Gasteiger partial charge >= 0.3 is 0 Å². The summed E-state index contributed by atoms with van der Waals surface area (Å²) < 4.78 is 21.0. The second-order valence-corrected chi connectivity index (χ2v) is 5.38. The summed E-state index contributed by atoms with van der Waals surface area (Å²) in [5, 5.41) is 10.7. The van der Waals surface area contributed by atoms with Crippen LogP contribution in [-0.4, -0.2) is 51.3 Å². The predicted octanol–water partition coefficient (Wildman–Crippen LogP) is 0.477. The number of pyridine rings is 1. The molecule has 3 heterocycles. The van der Waals surface area contributed by atoms with Gasteiger partial charge in [0.25, 0.3) is 5.91 Å². The zero-order valence-electron chi connectivity index (χ0n) is 13.0. The van der Waals surface area contributed by atoms with E-state index in [1.54, 1.807) is 13.2 Å². The number of rotatable bonds is 4. The molecule has 1 aliphatic heterocycles. The van der Waals surface area contributed by atoms with Gasteiger partial charge in [0, 0.05) is 25.4 Å². The predicted molar refractivity (Wildman–Crippen MR) is 86.8 cm³/mol. The Morgan fingerprint density at radius 1 is 1.54 bits per heavy atom. The molecule has 3 rings (SSSR count). The molecule has 0 saturated carbocycles. The van der Waals surface area contributed by atoms with E-state index in [1.807, 2.05) is 0 Å². The molecular weight excluding hydrogens is 339 g/mol. The fourth-order valence-corrected chi connectivity index (χ4v) is 2.42. The molecule has 1 saturated heterocycles. The van der Waals surface area contributed by atoms with Crippen LogP contribution in [0.15, 0.2) is 18.5 Å². The summed E-state index contributed by atoms with van der Waals surface area (Å²) in [6.07, 6.45) is 1.87. The van der Waals surface area contributed by atoms with E-state index in [9.17, 15) is 9.18 Å². The van der Waals surface area contributed by atoms with Gasteiger partial charge < -0.3 is 15.8 Å². The van der Waals surface area contributed by atoms with Crippen molar-refractivity contribution in [2.75, 3.05) is 13.1 Å². The average molecular weight is 357 g/mol. The molecule has 2 aromatic heterocycles. The smallest absolute Gasteiger partial charge is 0.254 e. The Balaban J connectivity index is 0.00000208. The number of primary amides is 1. The van der Waals surface area contributed by atoms with E-state index in [2.05, 4.69) is 20.6 Å². The Bertz CT molecular complexity index is 725. The fourth-order valence-electron chi connectivity index (χ4n) is 2.42. The normalized spacial score (nSPS) is 20.2. The Morgan fingerprint density at radius 2 is 2.33 bits per heavy atom. The van der Waals surface area contributed by atoms with Crippen LogP contribution in [-0.2, 0) is 7.05 Å². The van der Waals surface area contributed by atoms with Gasteiger partial charge in [-0.05, 0) is 19.0 Å². The number of hydrogen-bond acceptors (Lipinski definition) is 6. The van der Waals surface area contributed by atoms with E-state index in [4.69, 9.17) is 10.5 Å². The quantitative estimate of drug-likeness (QED) is 0.824. The van der Waals surface area contributed by atoms with Crippen molar-refractivity contribution in [2.24, 2.45) is 12.8 Å². The maximum atomic E-state index is 13.9. The first-order chi connectivity index (χ1) is 11.0. The summed E-state index contributed by atoms with van der Waals surface area (Å²) >= 11 is 0. The Kier molecular flexibility index (Phi) is 5.68. The molecule has 1 amide bonds. The molecule has 8 nitrogen and oxygen atoms in total.